The molecule has 35 heavy (non-hydrogen) atoms. The number of methoxy groups -OCH3 is 3. The van der Waals surface area contributed by atoms with Crippen molar-refractivity contribution in [3.05, 3.63) is 59.2 Å². The van der Waals surface area contributed by atoms with Gasteiger partial charge in [0.1, 0.15) is 24.6 Å². The quantitative estimate of drug-likeness (QED) is 0.329. The van der Waals surface area contributed by atoms with Gasteiger partial charge < -0.3 is 33.9 Å². The lowest BCUT2D eigenvalue weighted by Crippen LogP contribution is -3.14. The highest BCUT2D eigenvalue weighted by Crippen LogP contribution is 2.41. The van der Waals surface area contributed by atoms with Gasteiger partial charge in [0.2, 0.25) is 0 Å². The van der Waals surface area contributed by atoms with Crippen molar-refractivity contribution < 1.29 is 38.5 Å². The van der Waals surface area contributed by atoms with Gasteiger partial charge in [-0.3, -0.25) is 9.59 Å². The zero-order valence-electron chi connectivity index (χ0n) is 20.2. The summed E-state index contributed by atoms with van der Waals surface area (Å²) in [7, 11) is 4.62. The van der Waals surface area contributed by atoms with E-state index in [0.717, 1.165) is 13.1 Å². The number of aliphatic hydroxyl groups is 1. The summed E-state index contributed by atoms with van der Waals surface area (Å²) in [4.78, 5) is 29.3. The van der Waals surface area contributed by atoms with Crippen molar-refractivity contribution >= 4 is 17.4 Å². The van der Waals surface area contributed by atoms with Crippen molar-refractivity contribution in [1.82, 2.24) is 4.90 Å². The number of aliphatic hydroxyl groups excluding tert-OH is 1. The van der Waals surface area contributed by atoms with E-state index >= 15 is 0 Å². The maximum atomic E-state index is 13.2. The first-order chi connectivity index (χ1) is 17.0. The smallest absolute Gasteiger partial charge is 0.295 e. The second-order valence-corrected chi connectivity index (χ2v) is 8.45. The number of likely N-dealkylation sites (tertiary alicyclic amines) is 1. The number of quaternary nitrogens is 1. The number of carbonyl (C=O) groups excluding carboxylic acids is 2. The second kappa shape index (κ2) is 10.8. The van der Waals surface area contributed by atoms with E-state index in [1.807, 2.05) is 0 Å². The van der Waals surface area contributed by atoms with Crippen molar-refractivity contribution in [3.8, 4) is 17.2 Å². The van der Waals surface area contributed by atoms with E-state index in [2.05, 4.69) is 0 Å². The molecule has 9 heteroatoms. The fourth-order valence-corrected chi connectivity index (χ4v) is 4.57. The fraction of sp³-hybridized carbons (Fsp3) is 0.385. The molecule has 2 aromatic carbocycles. The average Bonchev–Trinajstić information content (AvgIpc) is 3.16. The molecule has 0 saturated carbocycles. The maximum absolute atomic E-state index is 13.2. The van der Waals surface area contributed by atoms with E-state index in [4.69, 9.17) is 18.9 Å². The van der Waals surface area contributed by atoms with Crippen LogP contribution in [0.5, 0.6) is 17.2 Å². The minimum atomic E-state index is -0.766. The molecule has 0 radical (unpaired) electrons. The monoisotopic (exact) mass is 483 g/mol. The molecule has 2 N–H and O–H groups in total. The lowest BCUT2D eigenvalue weighted by molar-refractivity contribution is -0.907. The molecule has 1 amide bonds. The van der Waals surface area contributed by atoms with Gasteiger partial charge in [-0.2, -0.15) is 0 Å². The number of nitrogens with zero attached hydrogens (tertiary/aromatic N) is 1. The predicted molar refractivity (Wildman–Crippen MR) is 128 cm³/mol. The van der Waals surface area contributed by atoms with Gasteiger partial charge in [0.25, 0.3) is 11.7 Å². The molecule has 2 aromatic rings. The normalized spacial score (nSPS) is 20.2. The summed E-state index contributed by atoms with van der Waals surface area (Å²) in [5, 5.41) is 11.2. The molecule has 0 aromatic heterocycles. The molecule has 0 aliphatic carbocycles. The zero-order valence-corrected chi connectivity index (χ0v) is 20.2. The van der Waals surface area contributed by atoms with Crippen LogP contribution < -0.4 is 19.1 Å². The number of hydrogen-bond donors (Lipinski definition) is 2. The van der Waals surface area contributed by atoms with E-state index < -0.39 is 17.7 Å². The largest absolute Gasteiger partial charge is 0.507 e. The van der Waals surface area contributed by atoms with Crippen LogP contribution in [0.15, 0.2) is 48.0 Å². The van der Waals surface area contributed by atoms with E-state index in [-0.39, 0.29) is 11.3 Å². The number of hydrogen-bond acceptors (Lipinski definition) is 7. The van der Waals surface area contributed by atoms with Gasteiger partial charge in [0, 0.05) is 5.56 Å². The van der Waals surface area contributed by atoms with Gasteiger partial charge in [-0.25, -0.2) is 0 Å². The summed E-state index contributed by atoms with van der Waals surface area (Å²) in [5.41, 5.74) is 1.12. The first-order valence-electron chi connectivity index (χ1n) is 11.5. The first kappa shape index (κ1) is 24.6. The van der Waals surface area contributed by atoms with E-state index in [1.54, 1.807) is 61.6 Å². The Kier molecular flexibility index (Phi) is 7.57. The first-order valence-corrected chi connectivity index (χ1v) is 11.5. The third-order valence-corrected chi connectivity index (χ3v) is 6.53. The second-order valence-electron chi connectivity index (χ2n) is 8.45. The van der Waals surface area contributed by atoms with Gasteiger partial charge >= 0.3 is 0 Å². The molecule has 2 aliphatic heterocycles. The van der Waals surface area contributed by atoms with Crippen molar-refractivity contribution in [2.45, 2.75) is 6.04 Å². The molecule has 9 nitrogen and oxygen atoms in total. The number of amides is 1. The zero-order chi connectivity index (χ0) is 24.9. The lowest BCUT2D eigenvalue weighted by atomic mass is 9.95. The van der Waals surface area contributed by atoms with Crippen molar-refractivity contribution in [1.29, 1.82) is 0 Å². The van der Waals surface area contributed by atoms with Crippen LogP contribution in [0.25, 0.3) is 5.76 Å². The van der Waals surface area contributed by atoms with Gasteiger partial charge in [-0.1, -0.05) is 6.07 Å². The van der Waals surface area contributed by atoms with Crippen LogP contribution in [0.2, 0.25) is 0 Å². The molecule has 0 bridgehead atoms. The lowest BCUT2D eigenvalue weighted by Gasteiger charge is -2.29. The molecule has 2 heterocycles. The number of ketones is 1. The Labute approximate surface area is 204 Å². The molecular formula is C26H31N2O7+. The number of carbonyl (C=O) groups is 2. The van der Waals surface area contributed by atoms with Crippen molar-refractivity contribution in [2.24, 2.45) is 0 Å². The van der Waals surface area contributed by atoms with E-state index in [0.29, 0.717) is 54.7 Å². The molecule has 186 valence electrons. The number of benzene rings is 2. The third-order valence-electron chi connectivity index (χ3n) is 6.53. The Hall–Kier alpha value is -3.56. The summed E-state index contributed by atoms with van der Waals surface area (Å²) in [6.45, 7) is 4.06. The molecule has 2 aliphatic rings. The minimum absolute atomic E-state index is 0.0457. The number of Topliss-reactive ketones (excluding diaryl/α,β-unsaturated/α-hetero) is 1. The Morgan fingerprint density at radius 2 is 1.69 bits per heavy atom. The number of morpholine rings is 1. The minimum Gasteiger partial charge on any atom is -0.507 e. The van der Waals surface area contributed by atoms with Crippen LogP contribution in [-0.2, 0) is 14.3 Å². The Balaban J connectivity index is 1.77. The summed E-state index contributed by atoms with van der Waals surface area (Å²) in [5.74, 6) is 0.0430. The number of nitrogens with one attached hydrogen (secondary N) is 1. The van der Waals surface area contributed by atoms with Crippen LogP contribution in [-0.4, -0.2) is 82.4 Å². The van der Waals surface area contributed by atoms with Gasteiger partial charge in [-0.05, 0) is 42.0 Å². The Morgan fingerprint density at radius 3 is 2.31 bits per heavy atom. The predicted octanol–water partition coefficient (Wildman–Crippen LogP) is 1.05. The topological polar surface area (TPSA) is 99.0 Å². The molecule has 2 saturated heterocycles. The SMILES string of the molecule is COc1ccc(C(O)=C2C(=O)C(=O)N(CC[NH+]3CCOCC3)[C@@H]2c2ccc(OC)c(OC)c2)cc1. The van der Waals surface area contributed by atoms with Gasteiger partial charge in [0.05, 0.1) is 59.2 Å². The molecule has 0 spiro atoms. The highest BCUT2D eigenvalue weighted by atomic mass is 16.5. The fourth-order valence-electron chi connectivity index (χ4n) is 4.57. The maximum Gasteiger partial charge on any atom is 0.295 e. The summed E-state index contributed by atoms with van der Waals surface area (Å²) >= 11 is 0. The van der Waals surface area contributed by atoms with E-state index in [1.165, 1.54) is 12.0 Å². The number of rotatable bonds is 8. The van der Waals surface area contributed by atoms with Crippen LogP contribution in [0.3, 0.4) is 0 Å². The van der Waals surface area contributed by atoms with Crippen molar-refractivity contribution in [3.63, 3.8) is 0 Å². The van der Waals surface area contributed by atoms with E-state index in [9.17, 15) is 14.7 Å². The number of ether oxygens (including phenoxy) is 4. The van der Waals surface area contributed by atoms with Crippen molar-refractivity contribution in [2.75, 3.05) is 60.7 Å². The highest BCUT2D eigenvalue weighted by Gasteiger charge is 2.46. The van der Waals surface area contributed by atoms with Crippen LogP contribution in [0, 0.1) is 0 Å². The molecule has 4 rings (SSSR count). The molecular weight excluding hydrogens is 452 g/mol. The molecule has 0 unspecified atom stereocenters. The Morgan fingerprint density at radius 1 is 1.00 bits per heavy atom. The van der Waals surface area contributed by atoms with Gasteiger partial charge in [-0.15, -0.1) is 0 Å². The van der Waals surface area contributed by atoms with Crippen LogP contribution >= 0.6 is 0 Å². The standard InChI is InChI=1S/C26H30N2O7/c1-32-19-7-4-17(5-8-19)24(29)22-23(18-6-9-20(33-2)21(16-18)34-3)28(26(31)25(22)30)11-10-27-12-14-35-15-13-27/h4-9,16,23,29H,10-15H2,1-3H3/p+1/t23-/m1/s1. The van der Waals surface area contributed by atoms with Gasteiger partial charge in [0.15, 0.2) is 11.5 Å². The van der Waals surface area contributed by atoms with Crippen LogP contribution in [0.4, 0.5) is 0 Å². The Bertz CT molecular complexity index is 1110. The summed E-state index contributed by atoms with van der Waals surface area (Å²) < 4.78 is 21.4. The molecule has 1 atom stereocenters. The summed E-state index contributed by atoms with van der Waals surface area (Å²) in [6, 6.07) is 11.2. The van der Waals surface area contributed by atoms with Crippen LogP contribution in [0.1, 0.15) is 17.2 Å². The highest BCUT2D eigenvalue weighted by molar-refractivity contribution is 6.46. The third kappa shape index (κ3) is 4.96. The average molecular weight is 484 g/mol. The summed E-state index contributed by atoms with van der Waals surface area (Å²) in [6.07, 6.45) is 0. The molecule has 2 fully saturated rings.